The molecule has 3 aromatic rings. The van der Waals surface area contributed by atoms with Gasteiger partial charge in [0.2, 0.25) is 11.9 Å². The van der Waals surface area contributed by atoms with Gasteiger partial charge in [-0.1, -0.05) is 42.5 Å². The van der Waals surface area contributed by atoms with Crippen molar-refractivity contribution in [2.24, 2.45) is 21.5 Å². The molecule has 0 bridgehead atoms. The third kappa shape index (κ3) is 4.27. The molecule has 0 amide bonds. The number of aliphatic imine (C=N–C) groups is 2. The van der Waals surface area contributed by atoms with Gasteiger partial charge < -0.3 is 16.2 Å². The van der Waals surface area contributed by atoms with Gasteiger partial charge in [0.05, 0.1) is 0 Å². The Kier molecular flexibility index (Phi) is 5.66. The average molecular weight is 410 g/mol. The van der Waals surface area contributed by atoms with Crippen molar-refractivity contribution in [3.05, 3.63) is 72.3 Å². The van der Waals surface area contributed by atoms with Crippen molar-refractivity contribution < 1.29 is 4.74 Å². The fraction of sp³-hybridized carbons (Fsp3) is 0.182. The molecule has 4 rings (SSSR count). The van der Waals surface area contributed by atoms with E-state index >= 15 is 0 Å². The Balaban J connectivity index is 0.00000240. The van der Waals surface area contributed by atoms with Crippen LogP contribution in [-0.2, 0) is 6.61 Å². The van der Waals surface area contributed by atoms with Gasteiger partial charge in [-0.05, 0) is 54.4 Å². The van der Waals surface area contributed by atoms with Crippen LogP contribution in [-0.4, -0.2) is 17.6 Å². The molecule has 1 aliphatic heterocycles. The second-order valence-corrected chi connectivity index (χ2v) is 7.24. The van der Waals surface area contributed by atoms with E-state index in [1.54, 1.807) is 0 Å². The van der Waals surface area contributed by atoms with E-state index in [9.17, 15) is 0 Å². The summed E-state index contributed by atoms with van der Waals surface area (Å²) in [5, 5.41) is 2.35. The molecule has 1 heterocycles. The summed E-state index contributed by atoms with van der Waals surface area (Å²) >= 11 is 0. The fourth-order valence-electron chi connectivity index (χ4n) is 3.46. The summed E-state index contributed by atoms with van der Waals surface area (Å²) in [5.41, 5.74) is 13.2. The van der Waals surface area contributed by atoms with E-state index in [1.165, 1.54) is 5.39 Å². The van der Waals surface area contributed by atoms with Crippen LogP contribution in [0.15, 0.2) is 76.7 Å². The zero-order chi connectivity index (χ0) is 19.7. The molecule has 0 aromatic heterocycles. The number of nitrogens with zero attached hydrogens (tertiary/aromatic N) is 3. The third-order valence-electron chi connectivity index (χ3n) is 4.69. The number of ether oxygens (including phenoxy) is 1. The number of nitrogens with two attached hydrogens (primary N) is 2. The van der Waals surface area contributed by atoms with Crippen LogP contribution in [0, 0.1) is 0 Å². The summed E-state index contributed by atoms with van der Waals surface area (Å²) in [5.74, 6) is 1.35. The first kappa shape index (κ1) is 20.5. The Hall–Kier alpha value is -3.25. The van der Waals surface area contributed by atoms with Crippen LogP contribution < -0.4 is 21.1 Å². The highest BCUT2D eigenvalue weighted by molar-refractivity contribution is 6.05. The van der Waals surface area contributed by atoms with Crippen LogP contribution in [0.25, 0.3) is 10.8 Å². The standard InChI is InChI=1S/C22H23N5O.ClH/c1-22(2)26-20(23)25-21(24)27(22)18-9-5-6-15(12-18)14-28-19-11-10-16-7-3-4-8-17(16)13-19;/h3-13H,14H2,1-2H3,(H4,23,24,25,26);1H. The highest BCUT2D eigenvalue weighted by Crippen LogP contribution is 2.28. The quantitative estimate of drug-likeness (QED) is 0.680. The predicted molar refractivity (Wildman–Crippen MR) is 122 cm³/mol. The van der Waals surface area contributed by atoms with Crippen LogP contribution in [0.1, 0.15) is 19.4 Å². The van der Waals surface area contributed by atoms with E-state index in [0.717, 1.165) is 22.4 Å². The van der Waals surface area contributed by atoms with Crippen LogP contribution in [0.2, 0.25) is 0 Å². The van der Waals surface area contributed by atoms with E-state index in [4.69, 9.17) is 16.2 Å². The summed E-state index contributed by atoms with van der Waals surface area (Å²) in [6, 6.07) is 22.3. The molecule has 7 heteroatoms. The lowest BCUT2D eigenvalue weighted by Crippen LogP contribution is -2.54. The van der Waals surface area contributed by atoms with E-state index in [0.29, 0.717) is 12.6 Å². The van der Waals surface area contributed by atoms with Gasteiger partial charge in [-0.2, -0.15) is 4.99 Å². The van der Waals surface area contributed by atoms with Crippen LogP contribution in [0.5, 0.6) is 5.75 Å². The van der Waals surface area contributed by atoms with E-state index in [2.05, 4.69) is 34.3 Å². The first-order valence-corrected chi connectivity index (χ1v) is 9.13. The van der Waals surface area contributed by atoms with Gasteiger partial charge in [0, 0.05) is 5.69 Å². The molecule has 3 aromatic carbocycles. The minimum Gasteiger partial charge on any atom is -0.489 e. The monoisotopic (exact) mass is 409 g/mol. The van der Waals surface area contributed by atoms with E-state index in [1.807, 2.05) is 61.2 Å². The number of benzene rings is 3. The number of anilines is 1. The summed E-state index contributed by atoms with van der Waals surface area (Å²) in [6.45, 7) is 4.34. The average Bonchev–Trinajstić information content (AvgIpc) is 2.65. The molecule has 1 aliphatic rings. The number of rotatable bonds is 4. The van der Waals surface area contributed by atoms with Crippen LogP contribution >= 0.6 is 12.4 Å². The smallest absolute Gasteiger partial charge is 0.220 e. The maximum atomic E-state index is 6.13. The lowest BCUT2D eigenvalue weighted by Gasteiger charge is -2.38. The van der Waals surface area contributed by atoms with Crippen LogP contribution in [0.3, 0.4) is 0 Å². The topological polar surface area (TPSA) is 89.2 Å². The normalized spacial score (nSPS) is 15.3. The molecule has 0 aliphatic carbocycles. The van der Waals surface area contributed by atoms with Crippen molar-refractivity contribution in [2.45, 2.75) is 26.1 Å². The molecule has 0 radical (unpaired) electrons. The number of halogens is 1. The van der Waals surface area contributed by atoms with Gasteiger partial charge in [-0.3, -0.25) is 4.90 Å². The SMILES string of the molecule is CC1(C)N=C(N)N=C(N)N1c1cccc(COc2ccc3ccccc3c2)c1.Cl. The number of fused-ring (bicyclic) bond motifs is 1. The third-order valence-corrected chi connectivity index (χ3v) is 4.69. The van der Waals surface area contributed by atoms with Gasteiger partial charge in [0.1, 0.15) is 18.0 Å². The van der Waals surface area contributed by atoms with Crippen molar-refractivity contribution in [3.8, 4) is 5.75 Å². The molecular weight excluding hydrogens is 386 g/mol. The second-order valence-electron chi connectivity index (χ2n) is 7.24. The second kappa shape index (κ2) is 8.01. The Bertz CT molecular complexity index is 1090. The molecule has 0 saturated carbocycles. The highest BCUT2D eigenvalue weighted by Gasteiger charge is 2.32. The number of hydrogen-bond donors (Lipinski definition) is 2. The predicted octanol–water partition coefficient (Wildman–Crippen LogP) is 4.03. The summed E-state index contributed by atoms with van der Waals surface area (Å²) in [4.78, 5) is 10.4. The highest BCUT2D eigenvalue weighted by atomic mass is 35.5. The van der Waals surface area contributed by atoms with Gasteiger partial charge in [0.25, 0.3) is 0 Å². The molecule has 29 heavy (non-hydrogen) atoms. The molecule has 0 saturated heterocycles. The largest absolute Gasteiger partial charge is 0.489 e. The zero-order valence-electron chi connectivity index (χ0n) is 16.4. The maximum Gasteiger partial charge on any atom is 0.220 e. The fourth-order valence-corrected chi connectivity index (χ4v) is 3.46. The first-order chi connectivity index (χ1) is 13.4. The van der Waals surface area contributed by atoms with Gasteiger partial charge >= 0.3 is 0 Å². The Labute approximate surface area is 176 Å². The molecule has 0 unspecified atom stereocenters. The van der Waals surface area contributed by atoms with Crippen molar-refractivity contribution in [2.75, 3.05) is 4.90 Å². The Morgan fingerprint density at radius 3 is 2.45 bits per heavy atom. The molecule has 0 spiro atoms. The summed E-state index contributed by atoms with van der Waals surface area (Å²) in [7, 11) is 0. The lowest BCUT2D eigenvalue weighted by atomic mass is 10.1. The van der Waals surface area contributed by atoms with Gasteiger partial charge in [-0.25, -0.2) is 4.99 Å². The molecule has 6 nitrogen and oxygen atoms in total. The van der Waals surface area contributed by atoms with Gasteiger partial charge in [0.15, 0.2) is 0 Å². The lowest BCUT2D eigenvalue weighted by molar-refractivity contribution is 0.306. The number of guanidine groups is 2. The van der Waals surface area contributed by atoms with Crippen molar-refractivity contribution >= 4 is 40.8 Å². The maximum absolute atomic E-state index is 6.13. The Morgan fingerprint density at radius 1 is 0.931 bits per heavy atom. The van der Waals surface area contributed by atoms with Crippen LogP contribution in [0.4, 0.5) is 5.69 Å². The minimum absolute atomic E-state index is 0. The molecule has 0 fully saturated rings. The summed E-state index contributed by atoms with van der Waals surface area (Å²) < 4.78 is 6.01. The summed E-state index contributed by atoms with van der Waals surface area (Å²) in [6.07, 6.45) is 0. The molecule has 4 N–H and O–H groups in total. The van der Waals surface area contributed by atoms with Gasteiger partial charge in [-0.15, -0.1) is 12.4 Å². The van der Waals surface area contributed by atoms with E-state index in [-0.39, 0.29) is 18.4 Å². The molecular formula is C22H24ClN5O. The molecule has 150 valence electrons. The zero-order valence-corrected chi connectivity index (χ0v) is 17.2. The number of hydrogen-bond acceptors (Lipinski definition) is 6. The first-order valence-electron chi connectivity index (χ1n) is 9.13. The minimum atomic E-state index is -0.617. The molecule has 0 atom stereocenters. The van der Waals surface area contributed by atoms with E-state index < -0.39 is 5.66 Å². The van der Waals surface area contributed by atoms with Crippen molar-refractivity contribution in [1.82, 2.24) is 0 Å². The van der Waals surface area contributed by atoms with Crippen molar-refractivity contribution in [1.29, 1.82) is 0 Å². The van der Waals surface area contributed by atoms with Crippen molar-refractivity contribution in [3.63, 3.8) is 0 Å². The Morgan fingerprint density at radius 2 is 1.69 bits per heavy atom.